The van der Waals surface area contributed by atoms with E-state index in [1.165, 1.54) is 0 Å². The molecule has 1 N–H and O–H groups in total. The monoisotopic (exact) mass is 351 g/mol. The maximum atomic E-state index is 12.5. The van der Waals surface area contributed by atoms with Gasteiger partial charge in [0.05, 0.1) is 5.69 Å². The number of hydrogen-bond acceptors (Lipinski definition) is 3. The van der Waals surface area contributed by atoms with E-state index in [4.69, 9.17) is 4.74 Å². The Labute approximate surface area is 152 Å². The van der Waals surface area contributed by atoms with Crippen LogP contribution in [0.2, 0.25) is 0 Å². The van der Waals surface area contributed by atoms with E-state index >= 15 is 0 Å². The molecule has 0 aliphatic rings. The molecule has 1 atom stereocenters. The third-order valence-electron chi connectivity index (χ3n) is 3.85. The molecule has 0 aromatic heterocycles. The van der Waals surface area contributed by atoms with Crippen LogP contribution in [0.5, 0.6) is 5.75 Å². The van der Waals surface area contributed by atoms with Crippen molar-refractivity contribution in [2.45, 2.75) is 24.8 Å². The van der Waals surface area contributed by atoms with Crippen LogP contribution in [-0.2, 0) is 4.79 Å². The van der Waals surface area contributed by atoms with Gasteiger partial charge >= 0.3 is 0 Å². The average Bonchev–Trinajstić information content (AvgIpc) is 2.63. The molecule has 0 heterocycles. The minimum absolute atomic E-state index is 0.155. The first-order chi connectivity index (χ1) is 12.2. The number of para-hydroxylation sites is 1. The quantitative estimate of drug-likeness (QED) is 0.608. The van der Waals surface area contributed by atoms with Crippen molar-refractivity contribution in [3.05, 3.63) is 66.7 Å². The summed E-state index contributed by atoms with van der Waals surface area (Å²) >= 11 is 1.71. The molecule has 0 saturated heterocycles. The van der Waals surface area contributed by atoms with E-state index in [2.05, 4.69) is 18.3 Å². The van der Waals surface area contributed by atoms with Crippen LogP contribution in [0.4, 0.5) is 5.69 Å². The summed E-state index contributed by atoms with van der Waals surface area (Å²) in [6.07, 6.45) is -0.583. The summed E-state index contributed by atoms with van der Waals surface area (Å²) in [4.78, 5) is 13.6. The molecule has 3 aromatic carbocycles. The molecular formula is C21H21NO2S. The molecule has 0 aliphatic carbocycles. The van der Waals surface area contributed by atoms with E-state index in [-0.39, 0.29) is 5.91 Å². The number of carbonyl (C=O) groups is 1. The predicted octanol–water partition coefficient (Wildman–Crippen LogP) is 5.36. The van der Waals surface area contributed by atoms with Gasteiger partial charge in [-0.1, -0.05) is 49.4 Å². The normalized spacial score (nSPS) is 11.9. The molecule has 25 heavy (non-hydrogen) atoms. The molecule has 0 spiro atoms. The number of hydrogen-bond donors (Lipinski definition) is 1. The number of ether oxygens (including phenoxy) is 1. The van der Waals surface area contributed by atoms with Gasteiger partial charge in [0.1, 0.15) is 5.75 Å². The molecular weight excluding hydrogens is 330 g/mol. The number of nitrogens with one attached hydrogen (secondary N) is 1. The Hall–Kier alpha value is -2.46. The van der Waals surface area contributed by atoms with E-state index in [0.29, 0.717) is 5.75 Å². The van der Waals surface area contributed by atoms with Crippen molar-refractivity contribution in [2.24, 2.45) is 0 Å². The topological polar surface area (TPSA) is 38.3 Å². The number of fused-ring (bicyclic) bond motifs is 1. The van der Waals surface area contributed by atoms with Gasteiger partial charge in [-0.25, -0.2) is 0 Å². The number of carbonyl (C=O) groups excluding carboxylic acids is 1. The van der Waals surface area contributed by atoms with Crippen LogP contribution in [0, 0.1) is 0 Å². The van der Waals surface area contributed by atoms with Gasteiger partial charge in [0, 0.05) is 4.90 Å². The first kappa shape index (κ1) is 17.4. The fourth-order valence-electron chi connectivity index (χ4n) is 2.58. The SMILES string of the molecule is CCSc1ccccc1NC(=O)[C@H](C)Oc1ccc2ccccc2c1. The molecule has 0 unspecified atom stereocenters. The number of thioether (sulfide) groups is 1. The van der Waals surface area contributed by atoms with Gasteiger partial charge in [0.2, 0.25) is 0 Å². The number of benzene rings is 3. The smallest absolute Gasteiger partial charge is 0.265 e. The molecule has 128 valence electrons. The first-order valence-corrected chi connectivity index (χ1v) is 9.34. The summed E-state index contributed by atoms with van der Waals surface area (Å²) in [5.74, 6) is 1.49. The van der Waals surface area contributed by atoms with Crippen molar-refractivity contribution >= 4 is 34.1 Å². The van der Waals surface area contributed by atoms with Crippen LogP contribution >= 0.6 is 11.8 Å². The Balaban J connectivity index is 1.69. The van der Waals surface area contributed by atoms with Crippen molar-refractivity contribution in [2.75, 3.05) is 11.1 Å². The second kappa shape index (κ2) is 8.08. The number of rotatable bonds is 6. The van der Waals surface area contributed by atoms with E-state index in [9.17, 15) is 4.79 Å². The van der Waals surface area contributed by atoms with Crippen molar-refractivity contribution < 1.29 is 9.53 Å². The summed E-state index contributed by atoms with van der Waals surface area (Å²) in [6.45, 7) is 3.86. The Morgan fingerprint density at radius 2 is 1.76 bits per heavy atom. The van der Waals surface area contributed by atoms with Gasteiger partial charge in [-0.2, -0.15) is 0 Å². The largest absolute Gasteiger partial charge is 0.481 e. The van der Waals surface area contributed by atoms with Crippen LogP contribution in [0.3, 0.4) is 0 Å². The summed E-state index contributed by atoms with van der Waals surface area (Å²) < 4.78 is 5.84. The van der Waals surface area contributed by atoms with Crippen molar-refractivity contribution in [3.63, 3.8) is 0 Å². The maximum Gasteiger partial charge on any atom is 0.265 e. The van der Waals surface area contributed by atoms with Crippen LogP contribution in [0.1, 0.15) is 13.8 Å². The van der Waals surface area contributed by atoms with Gasteiger partial charge < -0.3 is 10.1 Å². The lowest BCUT2D eigenvalue weighted by Gasteiger charge is -2.16. The zero-order valence-corrected chi connectivity index (χ0v) is 15.2. The molecule has 3 rings (SSSR count). The lowest BCUT2D eigenvalue weighted by Crippen LogP contribution is -2.30. The summed E-state index contributed by atoms with van der Waals surface area (Å²) in [5.41, 5.74) is 0.827. The summed E-state index contributed by atoms with van der Waals surface area (Å²) in [5, 5.41) is 5.21. The average molecular weight is 351 g/mol. The van der Waals surface area contributed by atoms with E-state index in [0.717, 1.165) is 27.1 Å². The maximum absolute atomic E-state index is 12.5. The van der Waals surface area contributed by atoms with Crippen molar-refractivity contribution in [1.29, 1.82) is 0 Å². The highest BCUT2D eigenvalue weighted by atomic mass is 32.2. The summed E-state index contributed by atoms with van der Waals surface area (Å²) in [7, 11) is 0. The Morgan fingerprint density at radius 3 is 2.56 bits per heavy atom. The van der Waals surface area contributed by atoms with Gasteiger partial charge in [0.15, 0.2) is 6.10 Å². The van der Waals surface area contributed by atoms with E-state index in [1.54, 1.807) is 18.7 Å². The molecule has 1 amide bonds. The highest BCUT2D eigenvalue weighted by Gasteiger charge is 2.16. The van der Waals surface area contributed by atoms with Crippen LogP contribution in [0.25, 0.3) is 10.8 Å². The van der Waals surface area contributed by atoms with Crippen molar-refractivity contribution in [1.82, 2.24) is 0 Å². The minimum Gasteiger partial charge on any atom is -0.481 e. The van der Waals surface area contributed by atoms with Crippen LogP contribution in [0.15, 0.2) is 71.6 Å². The minimum atomic E-state index is -0.583. The second-order valence-corrected chi connectivity index (χ2v) is 6.99. The van der Waals surface area contributed by atoms with Crippen molar-refractivity contribution in [3.8, 4) is 5.75 Å². The third kappa shape index (κ3) is 4.34. The fraction of sp³-hybridized carbons (Fsp3) is 0.190. The standard InChI is InChI=1S/C21H21NO2S/c1-3-25-20-11-7-6-10-19(20)22-21(23)15(2)24-18-13-12-16-8-4-5-9-17(16)14-18/h4-15H,3H2,1-2H3,(H,22,23)/t15-/m0/s1. The zero-order valence-electron chi connectivity index (χ0n) is 14.4. The Morgan fingerprint density at radius 1 is 1.04 bits per heavy atom. The van der Waals surface area contributed by atoms with Gasteiger partial charge in [0.25, 0.3) is 5.91 Å². The molecule has 3 nitrogen and oxygen atoms in total. The molecule has 0 saturated carbocycles. The van der Waals surface area contributed by atoms with Gasteiger partial charge in [-0.15, -0.1) is 11.8 Å². The molecule has 3 aromatic rings. The Kier molecular flexibility index (Phi) is 5.61. The summed E-state index contributed by atoms with van der Waals surface area (Å²) in [6, 6.07) is 21.8. The second-order valence-electron chi connectivity index (χ2n) is 5.69. The zero-order chi connectivity index (χ0) is 17.6. The molecule has 0 fully saturated rings. The van der Waals surface area contributed by atoms with Gasteiger partial charge in [-0.3, -0.25) is 4.79 Å². The highest BCUT2D eigenvalue weighted by molar-refractivity contribution is 7.99. The number of amides is 1. The van der Waals surface area contributed by atoms with Crippen LogP contribution < -0.4 is 10.1 Å². The molecule has 4 heteroatoms. The van der Waals surface area contributed by atoms with E-state index < -0.39 is 6.10 Å². The highest BCUT2D eigenvalue weighted by Crippen LogP contribution is 2.27. The van der Waals surface area contributed by atoms with Gasteiger partial charge in [-0.05, 0) is 47.7 Å². The molecule has 0 bridgehead atoms. The predicted molar refractivity (Wildman–Crippen MR) is 106 cm³/mol. The third-order valence-corrected chi connectivity index (χ3v) is 4.80. The van der Waals surface area contributed by atoms with E-state index in [1.807, 2.05) is 60.7 Å². The first-order valence-electron chi connectivity index (χ1n) is 8.35. The number of anilines is 1. The Bertz CT molecular complexity index is 878. The molecule has 0 radical (unpaired) electrons. The van der Waals surface area contributed by atoms with Crippen LogP contribution in [-0.4, -0.2) is 17.8 Å². The fourth-order valence-corrected chi connectivity index (χ4v) is 3.34. The lowest BCUT2D eigenvalue weighted by molar-refractivity contribution is -0.122. The lowest BCUT2D eigenvalue weighted by atomic mass is 10.1. The molecule has 0 aliphatic heterocycles.